The van der Waals surface area contributed by atoms with Crippen molar-refractivity contribution in [3.05, 3.63) is 30.1 Å². The van der Waals surface area contributed by atoms with E-state index < -0.39 is 5.97 Å². The Balaban J connectivity index is 2.35. The third-order valence-corrected chi connectivity index (χ3v) is 2.01. The molecule has 7 heteroatoms. The zero-order valence-corrected chi connectivity index (χ0v) is 8.43. The molecule has 0 radical (unpaired) electrons. The minimum Gasteiger partial charge on any atom is -0.476 e. The first-order valence-corrected chi connectivity index (χ1v) is 4.49. The molecule has 0 saturated carbocycles. The fraction of sp³-hybridized carbons (Fsp3) is 0.111. The van der Waals surface area contributed by atoms with Crippen molar-refractivity contribution in [2.45, 2.75) is 6.92 Å². The van der Waals surface area contributed by atoms with Gasteiger partial charge in [-0.05, 0) is 6.92 Å². The minimum absolute atomic E-state index is 0.0735. The normalized spacial score (nSPS) is 10.1. The maximum atomic E-state index is 10.9. The van der Waals surface area contributed by atoms with Crippen LogP contribution in [0.1, 0.15) is 16.2 Å². The summed E-state index contributed by atoms with van der Waals surface area (Å²) in [6.07, 6.45) is 4.16. The lowest BCUT2D eigenvalue weighted by atomic mass is 10.3. The summed E-state index contributed by atoms with van der Waals surface area (Å²) < 4.78 is 0. The maximum absolute atomic E-state index is 10.9. The number of aromatic nitrogens is 4. The van der Waals surface area contributed by atoms with Gasteiger partial charge in [0.1, 0.15) is 6.33 Å². The first-order chi connectivity index (χ1) is 7.68. The Hall–Kier alpha value is -2.44. The van der Waals surface area contributed by atoms with Gasteiger partial charge in [0.25, 0.3) is 0 Å². The number of nitrogens with zero attached hydrogens (tertiary/aromatic N) is 3. The van der Waals surface area contributed by atoms with Crippen LogP contribution in [-0.4, -0.2) is 31.2 Å². The van der Waals surface area contributed by atoms with Crippen LogP contribution in [0.2, 0.25) is 0 Å². The molecule has 0 aliphatic carbocycles. The van der Waals surface area contributed by atoms with E-state index >= 15 is 0 Å². The summed E-state index contributed by atoms with van der Waals surface area (Å²) in [6.45, 7) is 1.82. The number of aromatic carboxylic acids is 1. The van der Waals surface area contributed by atoms with Gasteiger partial charge in [-0.2, -0.15) is 5.10 Å². The van der Waals surface area contributed by atoms with Gasteiger partial charge in [0, 0.05) is 0 Å². The lowest BCUT2D eigenvalue weighted by molar-refractivity contribution is 0.0691. The molecule has 0 unspecified atom stereocenters. The first kappa shape index (κ1) is 10.1. The number of aryl methyl sites for hydroxylation is 1. The Kier molecular flexibility index (Phi) is 2.50. The maximum Gasteiger partial charge on any atom is 0.356 e. The van der Waals surface area contributed by atoms with E-state index in [9.17, 15) is 4.79 Å². The summed E-state index contributed by atoms with van der Waals surface area (Å²) in [4.78, 5) is 18.3. The molecule has 0 atom stereocenters. The summed E-state index contributed by atoms with van der Waals surface area (Å²) >= 11 is 0. The molecule has 0 saturated heterocycles. The van der Waals surface area contributed by atoms with Gasteiger partial charge in [-0.15, -0.1) is 0 Å². The fourth-order valence-electron chi connectivity index (χ4n) is 1.21. The molecular formula is C9H9N5O2. The fourth-order valence-corrected chi connectivity index (χ4v) is 1.21. The molecule has 0 amide bonds. The van der Waals surface area contributed by atoms with Gasteiger partial charge in [-0.1, -0.05) is 0 Å². The third kappa shape index (κ3) is 1.83. The number of anilines is 2. The molecule has 16 heavy (non-hydrogen) atoms. The lowest BCUT2D eigenvalue weighted by Gasteiger charge is -2.06. The van der Waals surface area contributed by atoms with Crippen molar-refractivity contribution in [1.82, 2.24) is 20.2 Å². The Bertz CT molecular complexity index is 522. The standard InChI is InChI=1S/C9H9N5O2/c1-5-6(3-12-14-5)13-7-2-10-4-11-8(7)9(15)16/h2-4,13H,1H3,(H,12,14)(H,15,16). The second-order valence-electron chi connectivity index (χ2n) is 3.12. The molecule has 0 bridgehead atoms. The van der Waals surface area contributed by atoms with Gasteiger partial charge in [-0.3, -0.25) is 5.10 Å². The molecule has 0 aliphatic rings. The van der Waals surface area contributed by atoms with Crippen LogP contribution in [0.3, 0.4) is 0 Å². The van der Waals surface area contributed by atoms with Crippen molar-refractivity contribution in [1.29, 1.82) is 0 Å². The van der Waals surface area contributed by atoms with Gasteiger partial charge in [0.2, 0.25) is 0 Å². The van der Waals surface area contributed by atoms with E-state index in [1.54, 1.807) is 6.20 Å². The topological polar surface area (TPSA) is 104 Å². The predicted octanol–water partition coefficient (Wildman–Crippen LogP) is 0.950. The van der Waals surface area contributed by atoms with E-state index in [0.29, 0.717) is 11.4 Å². The van der Waals surface area contributed by atoms with Gasteiger partial charge in [-0.25, -0.2) is 14.8 Å². The number of carbonyl (C=O) groups is 1. The molecule has 2 aromatic rings. The van der Waals surface area contributed by atoms with Crippen molar-refractivity contribution in [2.24, 2.45) is 0 Å². The second-order valence-corrected chi connectivity index (χ2v) is 3.12. The van der Waals surface area contributed by atoms with E-state index in [1.807, 2.05) is 6.92 Å². The summed E-state index contributed by atoms with van der Waals surface area (Å²) in [7, 11) is 0. The predicted molar refractivity (Wildman–Crippen MR) is 55.6 cm³/mol. The average molecular weight is 219 g/mol. The van der Waals surface area contributed by atoms with Crippen LogP contribution in [0.5, 0.6) is 0 Å². The van der Waals surface area contributed by atoms with Gasteiger partial charge in [0.15, 0.2) is 5.69 Å². The van der Waals surface area contributed by atoms with Crippen LogP contribution >= 0.6 is 0 Å². The number of H-pyrrole nitrogens is 1. The van der Waals surface area contributed by atoms with E-state index in [4.69, 9.17) is 5.11 Å². The molecule has 82 valence electrons. The van der Waals surface area contributed by atoms with Crippen molar-refractivity contribution >= 4 is 17.3 Å². The van der Waals surface area contributed by atoms with Crippen molar-refractivity contribution in [3.8, 4) is 0 Å². The molecule has 3 N–H and O–H groups in total. The van der Waals surface area contributed by atoms with E-state index in [2.05, 4.69) is 25.5 Å². The highest BCUT2D eigenvalue weighted by Crippen LogP contribution is 2.19. The van der Waals surface area contributed by atoms with E-state index in [0.717, 1.165) is 5.69 Å². The van der Waals surface area contributed by atoms with Crippen molar-refractivity contribution < 1.29 is 9.90 Å². The Morgan fingerprint density at radius 2 is 2.25 bits per heavy atom. The van der Waals surface area contributed by atoms with E-state index in [1.165, 1.54) is 12.5 Å². The summed E-state index contributed by atoms with van der Waals surface area (Å²) in [5.74, 6) is -1.11. The summed E-state index contributed by atoms with van der Waals surface area (Å²) in [6, 6.07) is 0. The van der Waals surface area contributed by atoms with Crippen LogP contribution in [0, 0.1) is 6.92 Å². The zero-order valence-electron chi connectivity index (χ0n) is 8.43. The molecule has 0 fully saturated rings. The van der Waals surface area contributed by atoms with Crippen LogP contribution in [-0.2, 0) is 0 Å². The molecule has 0 aromatic carbocycles. The number of carboxylic acids is 1. The first-order valence-electron chi connectivity index (χ1n) is 4.49. The Morgan fingerprint density at radius 3 is 2.88 bits per heavy atom. The molecule has 0 aliphatic heterocycles. The monoisotopic (exact) mass is 219 g/mol. The van der Waals surface area contributed by atoms with Crippen LogP contribution in [0.15, 0.2) is 18.7 Å². The van der Waals surface area contributed by atoms with Gasteiger partial charge < -0.3 is 10.4 Å². The number of rotatable bonds is 3. The highest BCUT2D eigenvalue weighted by Gasteiger charge is 2.12. The lowest BCUT2D eigenvalue weighted by Crippen LogP contribution is -2.06. The molecular weight excluding hydrogens is 210 g/mol. The van der Waals surface area contributed by atoms with Crippen molar-refractivity contribution in [3.63, 3.8) is 0 Å². The number of nitrogens with one attached hydrogen (secondary N) is 2. The van der Waals surface area contributed by atoms with Gasteiger partial charge in [0.05, 0.1) is 29.5 Å². The third-order valence-electron chi connectivity index (χ3n) is 2.01. The Labute approximate surface area is 90.6 Å². The molecule has 0 spiro atoms. The highest BCUT2D eigenvalue weighted by molar-refractivity contribution is 5.92. The summed E-state index contributed by atoms with van der Waals surface area (Å²) in [5, 5.41) is 18.4. The number of hydrogen-bond donors (Lipinski definition) is 3. The molecule has 2 heterocycles. The van der Waals surface area contributed by atoms with Crippen LogP contribution in [0.4, 0.5) is 11.4 Å². The number of aromatic amines is 1. The number of carboxylic acid groups (broad SMARTS) is 1. The van der Waals surface area contributed by atoms with Crippen LogP contribution < -0.4 is 5.32 Å². The van der Waals surface area contributed by atoms with Gasteiger partial charge >= 0.3 is 5.97 Å². The minimum atomic E-state index is -1.11. The average Bonchev–Trinajstić information content (AvgIpc) is 2.65. The summed E-state index contributed by atoms with van der Waals surface area (Å²) in [5.41, 5.74) is 1.76. The largest absolute Gasteiger partial charge is 0.476 e. The molecule has 2 rings (SSSR count). The Morgan fingerprint density at radius 1 is 1.44 bits per heavy atom. The van der Waals surface area contributed by atoms with E-state index in [-0.39, 0.29) is 5.69 Å². The number of hydrogen-bond acceptors (Lipinski definition) is 5. The highest BCUT2D eigenvalue weighted by atomic mass is 16.4. The van der Waals surface area contributed by atoms with Crippen LogP contribution in [0.25, 0.3) is 0 Å². The smallest absolute Gasteiger partial charge is 0.356 e. The molecule has 7 nitrogen and oxygen atoms in total. The SMILES string of the molecule is Cc1[nH]ncc1Nc1cncnc1C(=O)O. The zero-order chi connectivity index (χ0) is 11.5. The second kappa shape index (κ2) is 3.97. The quantitative estimate of drug-likeness (QED) is 0.710. The van der Waals surface area contributed by atoms with Crippen molar-refractivity contribution in [2.75, 3.05) is 5.32 Å². The molecule has 2 aromatic heterocycles.